The van der Waals surface area contributed by atoms with Gasteiger partial charge in [-0.15, -0.1) is 0 Å². The Hall–Kier alpha value is -0.0800. The van der Waals surface area contributed by atoms with Crippen molar-refractivity contribution in [3.05, 3.63) is 0 Å². The number of aliphatic hydroxyl groups excluding tert-OH is 1. The molecule has 0 spiro atoms. The summed E-state index contributed by atoms with van der Waals surface area (Å²) in [5.41, 5.74) is 5.58. The van der Waals surface area contributed by atoms with Crippen molar-refractivity contribution in [3.63, 3.8) is 0 Å². The Morgan fingerprint density at radius 2 is 1.57 bits per heavy atom. The summed E-state index contributed by atoms with van der Waals surface area (Å²) in [6, 6.07) is 0.696. The second-order valence-electron chi connectivity index (χ2n) is 9.40. The van der Waals surface area contributed by atoms with Gasteiger partial charge >= 0.3 is 0 Å². The molecule has 4 aliphatic rings. The number of hydrogen-bond acceptors (Lipinski definition) is 1. The maximum Gasteiger partial charge on any atom is 0.0900 e. The van der Waals surface area contributed by atoms with Gasteiger partial charge in [-0.2, -0.15) is 0 Å². The van der Waals surface area contributed by atoms with Crippen LogP contribution >= 0.6 is 0 Å². The van der Waals surface area contributed by atoms with E-state index in [0.717, 1.165) is 36.5 Å². The Balaban J connectivity index is 1.62. The third kappa shape index (κ3) is 1.91. The van der Waals surface area contributed by atoms with Gasteiger partial charge < -0.3 is 10.8 Å². The average Bonchev–Trinajstić information content (AvgIpc) is 2.76. The standard InChI is InChI=1S/C19H33NO/c1-18-9-7-13(21)11-12(18)3-4-14-15-5-6-17(20)19(15,2)10-8-16(14)18/h12-17,21H,3-11,20H2,1-2H3/p+1/t12-,13+,14-,15+,16-,17+,18-,19-/m0/s1. The summed E-state index contributed by atoms with van der Waals surface area (Å²) < 4.78 is 0. The van der Waals surface area contributed by atoms with E-state index < -0.39 is 0 Å². The molecule has 4 N–H and O–H groups in total. The summed E-state index contributed by atoms with van der Waals surface area (Å²) in [5, 5.41) is 10.1. The first-order valence-corrected chi connectivity index (χ1v) is 9.46. The van der Waals surface area contributed by atoms with Crippen molar-refractivity contribution in [2.45, 2.75) is 83.8 Å². The quantitative estimate of drug-likeness (QED) is 0.708. The van der Waals surface area contributed by atoms with E-state index in [-0.39, 0.29) is 6.10 Å². The summed E-state index contributed by atoms with van der Waals surface area (Å²) in [7, 11) is 0. The topological polar surface area (TPSA) is 47.9 Å². The molecule has 0 unspecified atom stereocenters. The number of hydrogen-bond donors (Lipinski definition) is 2. The molecule has 0 aromatic rings. The zero-order valence-electron chi connectivity index (χ0n) is 14.0. The van der Waals surface area contributed by atoms with Crippen LogP contribution in [-0.4, -0.2) is 17.3 Å². The fourth-order valence-corrected chi connectivity index (χ4v) is 7.34. The summed E-state index contributed by atoms with van der Waals surface area (Å²) in [5.74, 6) is 3.64. The van der Waals surface area contributed by atoms with Crippen LogP contribution in [0.5, 0.6) is 0 Å². The fraction of sp³-hybridized carbons (Fsp3) is 1.00. The van der Waals surface area contributed by atoms with Gasteiger partial charge in [0.05, 0.1) is 12.1 Å². The average molecular weight is 292 g/mol. The van der Waals surface area contributed by atoms with Gasteiger partial charge in [-0.1, -0.05) is 13.8 Å². The summed E-state index contributed by atoms with van der Waals surface area (Å²) >= 11 is 0. The maximum atomic E-state index is 10.1. The lowest BCUT2D eigenvalue weighted by molar-refractivity contribution is -0.445. The van der Waals surface area contributed by atoms with E-state index in [1.54, 1.807) is 0 Å². The van der Waals surface area contributed by atoms with Gasteiger partial charge in [0.15, 0.2) is 0 Å². The van der Waals surface area contributed by atoms with E-state index >= 15 is 0 Å². The minimum absolute atomic E-state index is 0.0100. The van der Waals surface area contributed by atoms with E-state index in [9.17, 15) is 5.11 Å². The normalized spacial score (nSPS) is 60.0. The van der Waals surface area contributed by atoms with Crippen molar-refractivity contribution in [1.82, 2.24) is 0 Å². The molecule has 0 aromatic carbocycles. The van der Waals surface area contributed by atoms with E-state index in [1.807, 2.05) is 0 Å². The van der Waals surface area contributed by atoms with E-state index in [0.29, 0.717) is 16.9 Å². The molecule has 0 aliphatic heterocycles. The molecule has 0 radical (unpaired) electrons. The van der Waals surface area contributed by atoms with Crippen LogP contribution in [-0.2, 0) is 0 Å². The van der Waals surface area contributed by atoms with Crippen LogP contribution in [0.2, 0.25) is 0 Å². The summed E-state index contributed by atoms with van der Waals surface area (Å²) in [4.78, 5) is 0. The fourth-order valence-electron chi connectivity index (χ4n) is 7.34. The van der Waals surface area contributed by atoms with E-state index in [2.05, 4.69) is 19.6 Å². The molecule has 120 valence electrons. The van der Waals surface area contributed by atoms with Gasteiger partial charge in [-0.25, -0.2) is 0 Å². The highest BCUT2D eigenvalue weighted by Gasteiger charge is 2.60. The molecule has 0 bridgehead atoms. The van der Waals surface area contributed by atoms with Crippen molar-refractivity contribution < 1.29 is 10.8 Å². The predicted octanol–water partition coefficient (Wildman–Crippen LogP) is 3.00. The molecular weight excluding hydrogens is 258 g/mol. The third-order valence-electron chi connectivity index (χ3n) is 8.83. The molecule has 0 heterocycles. The maximum absolute atomic E-state index is 10.1. The molecule has 4 saturated carbocycles. The molecule has 4 rings (SSSR count). The smallest absolute Gasteiger partial charge is 0.0900 e. The highest BCUT2D eigenvalue weighted by molar-refractivity contribution is 5.09. The first-order chi connectivity index (χ1) is 9.95. The number of fused-ring (bicyclic) bond motifs is 5. The third-order valence-corrected chi connectivity index (χ3v) is 8.83. The lowest BCUT2D eigenvalue weighted by Crippen LogP contribution is -2.68. The van der Waals surface area contributed by atoms with Crippen molar-refractivity contribution in [2.24, 2.45) is 34.5 Å². The largest absolute Gasteiger partial charge is 0.393 e. The van der Waals surface area contributed by atoms with Gasteiger partial charge in [0.1, 0.15) is 0 Å². The second-order valence-corrected chi connectivity index (χ2v) is 9.40. The van der Waals surface area contributed by atoms with Crippen LogP contribution in [0.3, 0.4) is 0 Å². The molecule has 0 aromatic heterocycles. The lowest BCUT2D eigenvalue weighted by atomic mass is 9.45. The molecule has 8 atom stereocenters. The number of quaternary nitrogens is 1. The van der Waals surface area contributed by atoms with Gasteiger partial charge in [-0.05, 0) is 80.5 Å². The van der Waals surface area contributed by atoms with Crippen LogP contribution < -0.4 is 5.73 Å². The van der Waals surface area contributed by atoms with Gasteiger partial charge in [0.25, 0.3) is 0 Å². The number of rotatable bonds is 0. The minimum Gasteiger partial charge on any atom is -0.393 e. The summed E-state index contributed by atoms with van der Waals surface area (Å²) in [6.45, 7) is 5.14. The zero-order chi connectivity index (χ0) is 14.8. The SMILES string of the molecule is C[C@]12CC[C@@H](O)C[C@@H]1CC[C@H]1[C@H]3CC[C@@H]([NH3+])[C@@]3(C)CC[C@@H]12. The van der Waals surface area contributed by atoms with Crippen LogP contribution in [0.25, 0.3) is 0 Å². The molecule has 0 amide bonds. The molecule has 4 fully saturated rings. The molecular formula is C19H34NO+. The van der Waals surface area contributed by atoms with Crippen LogP contribution in [0.1, 0.15) is 71.6 Å². The molecule has 0 saturated heterocycles. The van der Waals surface area contributed by atoms with Crippen molar-refractivity contribution >= 4 is 0 Å². The van der Waals surface area contributed by atoms with Gasteiger partial charge in [-0.3, -0.25) is 0 Å². The Kier molecular flexibility index (Phi) is 3.25. The van der Waals surface area contributed by atoms with Gasteiger partial charge in [0.2, 0.25) is 0 Å². The molecule has 2 heteroatoms. The van der Waals surface area contributed by atoms with E-state index in [4.69, 9.17) is 0 Å². The molecule has 21 heavy (non-hydrogen) atoms. The van der Waals surface area contributed by atoms with Crippen LogP contribution in [0.4, 0.5) is 0 Å². The number of aliphatic hydroxyl groups is 1. The van der Waals surface area contributed by atoms with Crippen LogP contribution in [0.15, 0.2) is 0 Å². The van der Waals surface area contributed by atoms with Crippen molar-refractivity contribution in [2.75, 3.05) is 0 Å². The zero-order valence-corrected chi connectivity index (χ0v) is 14.0. The Morgan fingerprint density at radius 3 is 2.38 bits per heavy atom. The highest BCUT2D eigenvalue weighted by atomic mass is 16.3. The van der Waals surface area contributed by atoms with Crippen LogP contribution in [0, 0.1) is 34.5 Å². The first kappa shape index (κ1) is 14.5. The minimum atomic E-state index is -0.0100. The lowest BCUT2D eigenvalue weighted by Gasteiger charge is -2.60. The van der Waals surface area contributed by atoms with Crippen molar-refractivity contribution in [1.29, 1.82) is 0 Å². The second kappa shape index (κ2) is 4.71. The van der Waals surface area contributed by atoms with Crippen molar-refractivity contribution in [3.8, 4) is 0 Å². The summed E-state index contributed by atoms with van der Waals surface area (Å²) in [6.07, 6.45) is 11.9. The molecule has 2 nitrogen and oxygen atoms in total. The predicted molar refractivity (Wildman–Crippen MR) is 84.4 cm³/mol. The highest BCUT2D eigenvalue weighted by Crippen LogP contribution is 2.65. The molecule has 4 aliphatic carbocycles. The Labute approximate surface area is 129 Å². The Bertz CT molecular complexity index is 424. The monoisotopic (exact) mass is 292 g/mol. The van der Waals surface area contributed by atoms with E-state index in [1.165, 1.54) is 44.9 Å². The van der Waals surface area contributed by atoms with Gasteiger partial charge in [0, 0.05) is 11.8 Å². The first-order valence-electron chi connectivity index (χ1n) is 9.46. The Morgan fingerprint density at radius 1 is 0.857 bits per heavy atom.